The average molecular weight is 261 g/mol. The first-order valence-corrected chi connectivity index (χ1v) is 7.24. The maximum absolute atomic E-state index is 3.30. The summed E-state index contributed by atoms with van der Waals surface area (Å²) in [6.45, 7) is 12.4. The molecule has 0 spiro atoms. The third-order valence-corrected chi connectivity index (χ3v) is 4.14. The van der Waals surface area contributed by atoms with E-state index in [2.05, 4.69) is 60.2 Å². The van der Waals surface area contributed by atoms with Gasteiger partial charge in [0.2, 0.25) is 0 Å². The molecule has 1 heterocycles. The minimum atomic E-state index is 0.244. The highest BCUT2D eigenvalue weighted by molar-refractivity contribution is 5.47. The van der Waals surface area contributed by atoms with Gasteiger partial charge in [0.1, 0.15) is 0 Å². The van der Waals surface area contributed by atoms with Gasteiger partial charge in [-0.05, 0) is 40.0 Å². The first kappa shape index (κ1) is 14.4. The van der Waals surface area contributed by atoms with E-state index < -0.39 is 0 Å². The van der Waals surface area contributed by atoms with E-state index in [0.717, 1.165) is 32.7 Å². The SMILES string of the molecule is CNCC(C)(C)N1CCN(c2ccc(C)cc2)CC1. The van der Waals surface area contributed by atoms with Crippen LogP contribution in [0.25, 0.3) is 0 Å². The van der Waals surface area contributed by atoms with Gasteiger partial charge in [0.05, 0.1) is 0 Å². The lowest BCUT2D eigenvalue weighted by Gasteiger charge is -2.44. The van der Waals surface area contributed by atoms with Crippen LogP contribution in [-0.4, -0.2) is 50.2 Å². The van der Waals surface area contributed by atoms with Gasteiger partial charge in [0, 0.05) is 44.0 Å². The maximum Gasteiger partial charge on any atom is 0.0367 e. The number of rotatable bonds is 4. The second-order valence-electron chi connectivity index (χ2n) is 6.15. The molecule has 0 radical (unpaired) electrons. The number of likely N-dealkylation sites (N-methyl/N-ethyl adjacent to an activating group) is 1. The second-order valence-corrected chi connectivity index (χ2v) is 6.15. The van der Waals surface area contributed by atoms with Crippen LogP contribution < -0.4 is 10.2 Å². The smallest absolute Gasteiger partial charge is 0.0367 e. The molecule has 0 unspecified atom stereocenters. The van der Waals surface area contributed by atoms with Crippen LogP contribution in [0.3, 0.4) is 0 Å². The van der Waals surface area contributed by atoms with Crippen molar-refractivity contribution in [3.05, 3.63) is 29.8 Å². The van der Waals surface area contributed by atoms with Gasteiger partial charge in [0.15, 0.2) is 0 Å². The standard InChI is InChI=1S/C16H27N3/c1-14-5-7-15(8-6-14)18-9-11-19(12-10-18)16(2,3)13-17-4/h5-8,17H,9-13H2,1-4H3. The fourth-order valence-electron chi connectivity index (χ4n) is 2.87. The molecule has 1 aromatic carbocycles. The topological polar surface area (TPSA) is 18.5 Å². The van der Waals surface area contributed by atoms with E-state index in [4.69, 9.17) is 0 Å². The van der Waals surface area contributed by atoms with Crippen LogP contribution in [0.2, 0.25) is 0 Å². The summed E-state index contributed by atoms with van der Waals surface area (Å²) in [5.41, 5.74) is 2.93. The summed E-state index contributed by atoms with van der Waals surface area (Å²) in [6, 6.07) is 8.88. The van der Waals surface area contributed by atoms with Gasteiger partial charge in [-0.1, -0.05) is 17.7 Å². The summed E-state index contributed by atoms with van der Waals surface area (Å²) in [6.07, 6.45) is 0. The Balaban J connectivity index is 1.94. The van der Waals surface area contributed by atoms with Gasteiger partial charge in [-0.15, -0.1) is 0 Å². The predicted octanol–water partition coefficient (Wildman–Crippen LogP) is 2.12. The maximum atomic E-state index is 3.30. The molecule has 1 aliphatic heterocycles. The molecule has 1 fully saturated rings. The van der Waals surface area contributed by atoms with E-state index >= 15 is 0 Å². The van der Waals surface area contributed by atoms with Gasteiger partial charge in [-0.25, -0.2) is 0 Å². The van der Waals surface area contributed by atoms with Gasteiger partial charge in [-0.3, -0.25) is 4.90 Å². The summed E-state index contributed by atoms with van der Waals surface area (Å²) in [5, 5.41) is 3.30. The Morgan fingerprint density at radius 2 is 1.63 bits per heavy atom. The molecule has 1 aromatic rings. The number of hydrogen-bond donors (Lipinski definition) is 1. The molecule has 19 heavy (non-hydrogen) atoms. The van der Waals surface area contributed by atoms with Crippen molar-refractivity contribution in [2.45, 2.75) is 26.3 Å². The molecule has 1 N–H and O–H groups in total. The number of hydrogen-bond acceptors (Lipinski definition) is 3. The van der Waals surface area contributed by atoms with Crippen molar-refractivity contribution in [2.24, 2.45) is 0 Å². The van der Waals surface area contributed by atoms with Crippen molar-refractivity contribution in [3.8, 4) is 0 Å². The van der Waals surface area contributed by atoms with Crippen LogP contribution in [-0.2, 0) is 0 Å². The van der Waals surface area contributed by atoms with Gasteiger partial charge in [-0.2, -0.15) is 0 Å². The molecule has 3 heteroatoms. The van der Waals surface area contributed by atoms with E-state index in [1.807, 2.05) is 7.05 Å². The Kier molecular flexibility index (Phi) is 4.48. The van der Waals surface area contributed by atoms with Crippen molar-refractivity contribution >= 4 is 5.69 Å². The van der Waals surface area contributed by atoms with E-state index in [9.17, 15) is 0 Å². The Morgan fingerprint density at radius 3 is 2.16 bits per heavy atom. The van der Waals surface area contributed by atoms with Crippen molar-refractivity contribution in [3.63, 3.8) is 0 Å². The summed E-state index contributed by atoms with van der Waals surface area (Å²) in [4.78, 5) is 5.08. The fraction of sp³-hybridized carbons (Fsp3) is 0.625. The van der Waals surface area contributed by atoms with Crippen molar-refractivity contribution < 1.29 is 0 Å². The predicted molar refractivity (Wildman–Crippen MR) is 83.0 cm³/mol. The quantitative estimate of drug-likeness (QED) is 0.895. The zero-order chi connectivity index (χ0) is 13.9. The zero-order valence-corrected chi connectivity index (χ0v) is 12.7. The molecule has 3 nitrogen and oxygen atoms in total. The first-order chi connectivity index (χ1) is 9.03. The lowest BCUT2D eigenvalue weighted by molar-refractivity contribution is 0.112. The van der Waals surface area contributed by atoms with E-state index in [0.29, 0.717) is 0 Å². The molecule has 0 amide bonds. The average Bonchev–Trinajstić information content (AvgIpc) is 2.40. The van der Waals surface area contributed by atoms with Crippen LogP contribution in [0, 0.1) is 6.92 Å². The van der Waals surface area contributed by atoms with Gasteiger partial charge >= 0.3 is 0 Å². The number of aryl methyl sites for hydroxylation is 1. The molecular formula is C16H27N3. The molecule has 0 saturated carbocycles. The van der Waals surface area contributed by atoms with E-state index in [-0.39, 0.29) is 5.54 Å². The van der Waals surface area contributed by atoms with Crippen molar-refractivity contribution in [1.82, 2.24) is 10.2 Å². The lowest BCUT2D eigenvalue weighted by Crippen LogP contribution is -2.57. The monoisotopic (exact) mass is 261 g/mol. The minimum Gasteiger partial charge on any atom is -0.369 e. The van der Waals surface area contributed by atoms with Gasteiger partial charge < -0.3 is 10.2 Å². The molecule has 0 aromatic heterocycles. The normalized spacial score (nSPS) is 17.8. The molecule has 0 atom stereocenters. The van der Waals surface area contributed by atoms with Crippen LogP contribution in [0.4, 0.5) is 5.69 Å². The van der Waals surface area contributed by atoms with Crippen LogP contribution in [0.1, 0.15) is 19.4 Å². The summed E-state index contributed by atoms with van der Waals surface area (Å²) >= 11 is 0. The number of nitrogens with zero attached hydrogens (tertiary/aromatic N) is 2. The van der Waals surface area contributed by atoms with Crippen LogP contribution in [0.15, 0.2) is 24.3 Å². The molecule has 0 bridgehead atoms. The van der Waals surface area contributed by atoms with Crippen LogP contribution >= 0.6 is 0 Å². The fourth-order valence-corrected chi connectivity index (χ4v) is 2.87. The summed E-state index contributed by atoms with van der Waals surface area (Å²) in [7, 11) is 2.03. The number of anilines is 1. The Morgan fingerprint density at radius 1 is 1.05 bits per heavy atom. The summed E-state index contributed by atoms with van der Waals surface area (Å²) in [5.74, 6) is 0. The third-order valence-electron chi connectivity index (χ3n) is 4.14. The molecule has 1 saturated heterocycles. The molecule has 106 valence electrons. The Bertz CT molecular complexity index is 389. The second kappa shape index (κ2) is 5.93. The minimum absolute atomic E-state index is 0.244. The highest BCUT2D eigenvalue weighted by atomic mass is 15.3. The van der Waals surface area contributed by atoms with E-state index in [1.165, 1.54) is 11.3 Å². The van der Waals surface area contributed by atoms with Crippen LogP contribution in [0.5, 0.6) is 0 Å². The van der Waals surface area contributed by atoms with Crippen molar-refractivity contribution in [1.29, 1.82) is 0 Å². The zero-order valence-electron chi connectivity index (χ0n) is 12.7. The molecular weight excluding hydrogens is 234 g/mol. The number of benzene rings is 1. The highest BCUT2D eigenvalue weighted by Gasteiger charge is 2.29. The lowest BCUT2D eigenvalue weighted by atomic mass is 10.0. The molecule has 1 aliphatic rings. The van der Waals surface area contributed by atoms with E-state index in [1.54, 1.807) is 0 Å². The molecule has 0 aliphatic carbocycles. The third kappa shape index (κ3) is 3.48. The van der Waals surface area contributed by atoms with Gasteiger partial charge in [0.25, 0.3) is 0 Å². The number of piperazine rings is 1. The first-order valence-electron chi connectivity index (χ1n) is 7.24. The molecule has 2 rings (SSSR count). The van der Waals surface area contributed by atoms with Crippen molar-refractivity contribution in [2.75, 3.05) is 44.7 Å². The largest absolute Gasteiger partial charge is 0.369 e. The summed E-state index contributed by atoms with van der Waals surface area (Å²) < 4.78 is 0. The highest BCUT2D eigenvalue weighted by Crippen LogP contribution is 2.21. The Hall–Kier alpha value is -1.06. The Labute approximate surface area is 117 Å². The number of nitrogens with one attached hydrogen (secondary N) is 1.